The van der Waals surface area contributed by atoms with Crippen molar-refractivity contribution in [3.8, 4) is 0 Å². The molecular formula is C35H42N6O4. The molecule has 4 unspecified atom stereocenters. The Labute approximate surface area is 264 Å². The second-order valence-corrected chi connectivity index (χ2v) is 11.9. The third-order valence-electron chi connectivity index (χ3n) is 9.00. The molecule has 0 radical (unpaired) electrons. The minimum atomic E-state index is -0.937. The second kappa shape index (κ2) is 14.9. The first kappa shape index (κ1) is 31.7. The average Bonchev–Trinajstić information content (AvgIpc) is 3.45. The summed E-state index contributed by atoms with van der Waals surface area (Å²) in [4.78, 5) is 55.4. The van der Waals surface area contributed by atoms with Crippen LogP contribution in [-0.2, 0) is 20.8 Å². The molecule has 0 saturated carbocycles. The predicted molar refractivity (Wildman–Crippen MR) is 172 cm³/mol. The van der Waals surface area contributed by atoms with Crippen LogP contribution >= 0.6 is 0 Å². The molecule has 2 saturated heterocycles. The molecule has 5 rings (SSSR count). The molecule has 2 aliphatic heterocycles. The topological polar surface area (TPSA) is 146 Å². The first-order valence-corrected chi connectivity index (χ1v) is 15.6. The van der Waals surface area contributed by atoms with Gasteiger partial charge in [0.1, 0.15) is 12.1 Å². The highest BCUT2D eigenvalue weighted by Gasteiger charge is 2.48. The van der Waals surface area contributed by atoms with Crippen LogP contribution in [0.2, 0.25) is 0 Å². The van der Waals surface area contributed by atoms with Gasteiger partial charge in [-0.25, -0.2) is 4.79 Å². The van der Waals surface area contributed by atoms with E-state index in [1.807, 2.05) is 91.0 Å². The minimum absolute atomic E-state index is 0.135. The van der Waals surface area contributed by atoms with Crippen molar-refractivity contribution >= 4 is 23.8 Å². The summed E-state index contributed by atoms with van der Waals surface area (Å²) < 4.78 is 0. The van der Waals surface area contributed by atoms with Crippen molar-refractivity contribution in [2.75, 3.05) is 13.6 Å². The number of benzene rings is 3. The van der Waals surface area contributed by atoms with Gasteiger partial charge in [0.15, 0.2) is 0 Å². The number of amides is 5. The maximum absolute atomic E-state index is 14.4. The molecule has 3 aromatic carbocycles. The third-order valence-corrected chi connectivity index (χ3v) is 9.00. The third kappa shape index (κ3) is 7.69. The highest BCUT2D eigenvalue weighted by molar-refractivity contribution is 5.94. The summed E-state index contributed by atoms with van der Waals surface area (Å²) >= 11 is 0. The summed E-state index contributed by atoms with van der Waals surface area (Å²) in [6.07, 6.45) is 2.86. The monoisotopic (exact) mass is 610 g/mol. The normalized spacial score (nSPS) is 21.8. The van der Waals surface area contributed by atoms with E-state index in [2.05, 4.69) is 21.3 Å². The standard InChI is InChI=1S/C35H42N6O4/c1-37-28(21-23-11-5-2-6-12-23)32(42)40-31-26(22-38-35(36)45)17-18-27-19-20-29(41(27)34(31)44)33(43)39-30(24-13-7-3-8-14-24)25-15-9-4-10-16-25/h2-16,26-31,37H,17-22H2,1H3,(H,39,43)(H,40,42)(H3,36,38,45)/t26?,27?,28?,29-,31?/m0/s1. The maximum Gasteiger partial charge on any atom is 0.312 e. The number of nitrogens with one attached hydrogen (secondary N) is 4. The first-order chi connectivity index (χ1) is 21.9. The Morgan fingerprint density at radius 3 is 2.00 bits per heavy atom. The second-order valence-electron chi connectivity index (χ2n) is 11.9. The average molecular weight is 611 g/mol. The Bertz CT molecular complexity index is 1420. The fraction of sp³-hybridized carbons (Fsp3) is 0.371. The van der Waals surface area contributed by atoms with Crippen molar-refractivity contribution in [3.63, 3.8) is 0 Å². The predicted octanol–water partition coefficient (Wildman–Crippen LogP) is 2.65. The molecule has 5 atom stereocenters. The molecule has 2 aliphatic rings. The lowest BCUT2D eigenvalue weighted by Crippen LogP contribution is -2.59. The number of nitrogens with zero attached hydrogens (tertiary/aromatic N) is 1. The van der Waals surface area contributed by atoms with Crippen molar-refractivity contribution < 1.29 is 19.2 Å². The van der Waals surface area contributed by atoms with Gasteiger partial charge < -0.3 is 31.9 Å². The molecule has 0 spiro atoms. The SMILES string of the molecule is CNC(Cc1ccccc1)C(=O)NC1C(=O)N2C(CCC1CNC(N)=O)CC[C@H]2C(=O)NC(c1ccccc1)c1ccccc1. The Balaban J connectivity index is 1.38. The summed E-state index contributed by atoms with van der Waals surface area (Å²) in [6, 6.07) is 25.7. The van der Waals surface area contributed by atoms with Crippen LogP contribution in [0.4, 0.5) is 4.79 Å². The minimum Gasteiger partial charge on any atom is -0.352 e. The molecule has 2 fully saturated rings. The molecule has 6 N–H and O–H groups in total. The van der Waals surface area contributed by atoms with Crippen LogP contribution in [0.5, 0.6) is 0 Å². The number of rotatable bonds is 11. The zero-order chi connectivity index (χ0) is 31.8. The number of likely N-dealkylation sites (N-methyl/N-ethyl adjacent to an activating group) is 1. The van der Waals surface area contributed by atoms with Crippen LogP contribution in [0.3, 0.4) is 0 Å². The summed E-state index contributed by atoms with van der Waals surface area (Å²) in [7, 11) is 1.71. The van der Waals surface area contributed by atoms with Gasteiger partial charge in [-0.15, -0.1) is 0 Å². The molecule has 0 aliphatic carbocycles. The van der Waals surface area contributed by atoms with Crippen LogP contribution in [-0.4, -0.2) is 66.4 Å². The summed E-state index contributed by atoms with van der Waals surface area (Å²) in [6.45, 7) is 0.135. The Kier molecular flexibility index (Phi) is 10.5. The highest BCUT2D eigenvalue weighted by atomic mass is 16.2. The van der Waals surface area contributed by atoms with E-state index in [9.17, 15) is 19.2 Å². The summed E-state index contributed by atoms with van der Waals surface area (Å²) in [5.41, 5.74) is 8.24. The van der Waals surface area contributed by atoms with Crippen LogP contribution in [0.1, 0.15) is 48.4 Å². The summed E-state index contributed by atoms with van der Waals surface area (Å²) in [5.74, 6) is -1.26. The van der Waals surface area contributed by atoms with E-state index in [0.717, 1.165) is 16.7 Å². The van der Waals surface area contributed by atoms with Crippen LogP contribution in [0.15, 0.2) is 91.0 Å². The van der Waals surface area contributed by atoms with E-state index >= 15 is 0 Å². The summed E-state index contributed by atoms with van der Waals surface area (Å²) in [5, 5.41) is 11.9. The van der Waals surface area contributed by atoms with Crippen molar-refractivity contribution in [2.24, 2.45) is 11.7 Å². The smallest absolute Gasteiger partial charge is 0.312 e. The molecule has 45 heavy (non-hydrogen) atoms. The Morgan fingerprint density at radius 1 is 0.844 bits per heavy atom. The molecule has 2 heterocycles. The van der Waals surface area contributed by atoms with Gasteiger partial charge >= 0.3 is 6.03 Å². The quantitative estimate of drug-likeness (QED) is 0.227. The van der Waals surface area contributed by atoms with Gasteiger partial charge in [0.25, 0.3) is 0 Å². The van der Waals surface area contributed by atoms with Crippen molar-refractivity contribution in [2.45, 2.75) is 62.3 Å². The number of fused-ring (bicyclic) bond motifs is 1. The molecule has 10 heteroatoms. The molecule has 5 amide bonds. The van der Waals surface area contributed by atoms with Gasteiger partial charge in [-0.05, 0) is 55.8 Å². The van der Waals surface area contributed by atoms with Crippen molar-refractivity contribution in [1.82, 2.24) is 26.2 Å². The van der Waals surface area contributed by atoms with E-state index < -0.39 is 30.2 Å². The van der Waals surface area contributed by atoms with Gasteiger partial charge in [-0.2, -0.15) is 0 Å². The molecule has 3 aromatic rings. The molecule has 0 bridgehead atoms. The lowest BCUT2D eigenvalue weighted by molar-refractivity contribution is -0.143. The Hall–Kier alpha value is -4.70. The Morgan fingerprint density at radius 2 is 1.42 bits per heavy atom. The van der Waals surface area contributed by atoms with Crippen LogP contribution in [0.25, 0.3) is 0 Å². The largest absolute Gasteiger partial charge is 0.352 e. The van der Waals surface area contributed by atoms with E-state index in [1.54, 1.807) is 11.9 Å². The number of primary amides is 1. The fourth-order valence-corrected chi connectivity index (χ4v) is 6.64. The number of hydrogen-bond donors (Lipinski definition) is 5. The molecule has 10 nitrogen and oxygen atoms in total. The van der Waals surface area contributed by atoms with Gasteiger partial charge in [-0.1, -0.05) is 91.0 Å². The van der Waals surface area contributed by atoms with Gasteiger partial charge in [0.2, 0.25) is 17.7 Å². The van der Waals surface area contributed by atoms with E-state index in [-0.39, 0.29) is 36.2 Å². The maximum atomic E-state index is 14.4. The van der Waals surface area contributed by atoms with E-state index in [0.29, 0.717) is 32.1 Å². The molecular weight excluding hydrogens is 568 g/mol. The van der Waals surface area contributed by atoms with E-state index in [1.165, 1.54) is 0 Å². The van der Waals surface area contributed by atoms with Gasteiger partial charge in [-0.3, -0.25) is 14.4 Å². The fourth-order valence-electron chi connectivity index (χ4n) is 6.64. The first-order valence-electron chi connectivity index (χ1n) is 15.6. The van der Waals surface area contributed by atoms with Crippen molar-refractivity contribution in [3.05, 3.63) is 108 Å². The van der Waals surface area contributed by atoms with Gasteiger partial charge in [0.05, 0.1) is 12.1 Å². The molecule has 236 valence electrons. The highest BCUT2D eigenvalue weighted by Crippen LogP contribution is 2.35. The lowest BCUT2D eigenvalue weighted by Gasteiger charge is -2.33. The zero-order valence-corrected chi connectivity index (χ0v) is 25.5. The van der Waals surface area contributed by atoms with E-state index in [4.69, 9.17) is 5.73 Å². The van der Waals surface area contributed by atoms with Crippen molar-refractivity contribution in [1.29, 1.82) is 0 Å². The van der Waals surface area contributed by atoms with Crippen LogP contribution in [0, 0.1) is 5.92 Å². The number of carbonyl (C=O) groups excluding carboxylic acids is 4. The number of carbonyl (C=O) groups is 4. The van der Waals surface area contributed by atoms with Gasteiger partial charge in [0, 0.05) is 18.5 Å². The number of nitrogens with two attached hydrogens (primary N) is 1. The number of hydrogen-bond acceptors (Lipinski definition) is 5. The van der Waals surface area contributed by atoms with Crippen LogP contribution < -0.4 is 27.0 Å². The number of urea groups is 1. The lowest BCUT2D eigenvalue weighted by atomic mass is 9.92. The zero-order valence-electron chi connectivity index (χ0n) is 25.5. The molecule has 0 aromatic heterocycles.